The lowest BCUT2D eigenvalue weighted by atomic mass is 9.92. The van der Waals surface area contributed by atoms with Gasteiger partial charge in [-0.25, -0.2) is 0 Å². The van der Waals surface area contributed by atoms with Crippen molar-refractivity contribution in [1.29, 1.82) is 0 Å². The maximum atomic E-state index is 11.9. The molecule has 110 valence electrons. The number of hydrogen-bond acceptors (Lipinski definition) is 4. The summed E-state index contributed by atoms with van der Waals surface area (Å²) >= 11 is 0. The summed E-state index contributed by atoms with van der Waals surface area (Å²) in [5.41, 5.74) is 5.84. The summed E-state index contributed by atoms with van der Waals surface area (Å²) in [5.74, 6) is 1.11. The second-order valence-corrected chi connectivity index (χ2v) is 5.12. The van der Waals surface area contributed by atoms with Crippen molar-refractivity contribution in [2.24, 2.45) is 5.73 Å². The predicted molar refractivity (Wildman–Crippen MR) is 76.9 cm³/mol. The first-order chi connectivity index (χ1) is 9.69. The molecule has 0 heterocycles. The van der Waals surface area contributed by atoms with E-state index in [4.69, 9.17) is 15.2 Å². The van der Waals surface area contributed by atoms with Crippen molar-refractivity contribution in [2.45, 2.75) is 37.8 Å². The fourth-order valence-electron chi connectivity index (χ4n) is 2.41. The number of para-hydroxylation sites is 2. The minimum Gasteiger partial charge on any atom is -0.493 e. The Morgan fingerprint density at radius 1 is 1.25 bits per heavy atom. The molecule has 20 heavy (non-hydrogen) atoms. The van der Waals surface area contributed by atoms with Gasteiger partial charge in [-0.2, -0.15) is 0 Å². The van der Waals surface area contributed by atoms with Crippen LogP contribution in [0.1, 0.15) is 25.7 Å². The fraction of sp³-hybridized carbons (Fsp3) is 0.533. The number of carbonyl (C=O) groups is 1. The summed E-state index contributed by atoms with van der Waals surface area (Å²) in [5, 5.41) is 2.99. The van der Waals surface area contributed by atoms with Gasteiger partial charge in [0.2, 0.25) is 0 Å². The number of amides is 1. The molecule has 0 radical (unpaired) electrons. The molecule has 5 nitrogen and oxygen atoms in total. The second kappa shape index (κ2) is 7.14. The van der Waals surface area contributed by atoms with Gasteiger partial charge in [0.15, 0.2) is 18.1 Å². The average Bonchev–Trinajstić information content (AvgIpc) is 2.48. The normalized spacial score (nSPS) is 22.1. The highest BCUT2D eigenvalue weighted by Crippen LogP contribution is 2.25. The number of nitrogens with two attached hydrogens (primary N) is 1. The minimum absolute atomic E-state index is 0.00290. The molecule has 0 unspecified atom stereocenters. The molecule has 1 aliphatic rings. The largest absolute Gasteiger partial charge is 0.493 e. The molecule has 5 heteroatoms. The first-order valence-electron chi connectivity index (χ1n) is 7.00. The van der Waals surface area contributed by atoms with Gasteiger partial charge in [-0.05, 0) is 37.8 Å². The highest BCUT2D eigenvalue weighted by molar-refractivity contribution is 5.77. The Hall–Kier alpha value is -1.75. The lowest BCUT2D eigenvalue weighted by molar-refractivity contribution is -0.124. The van der Waals surface area contributed by atoms with Crippen LogP contribution in [-0.2, 0) is 4.79 Å². The lowest BCUT2D eigenvalue weighted by Crippen LogP contribution is -2.42. The van der Waals surface area contributed by atoms with E-state index >= 15 is 0 Å². The van der Waals surface area contributed by atoms with Crippen LogP contribution < -0.4 is 20.5 Å². The van der Waals surface area contributed by atoms with E-state index in [2.05, 4.69) is 5.32 Å². The Labute approximate surface area is 119 Å². The van der Waals surface area contributed by atoms with E-state index in [-0.39, 0.29) is 24.6 Å². The van der Waals surface area contributed by atoms with E-state index in [1.54, 1.807) is 19.2 Å². The third-order valence-corrected chi connectivity index (χ3v) is 3.56. The number of benzene rings is 1. The zero-order valence-corrected chi connectivity index (χ0v) is 11.8. The smallest absolute Gasteiger partial charge is 0.258 e. The molecule has 0 spiro atoms. The summed E-state index contributed by atoms with van der Waals surface area (Å²) in [7, 11) is 1.58. The molecule has 1 saturated carbocycles. The van der Waals surface area contributed by atoms with Crippen molar-refractivity contribution < 1.29 is 14.3 Å². The van der Waals surface area contributed by atoms with Gasteiger partial charge in [0, 0.05) is 12.1 Å². The molecule has 0 saturated heterocycles. The zero-order valence-electron chi connectivity index (χ0n) is 11.8. The van der Waals surface area contributed by atoms with Crippen molar-refractivity contribution in [2.75, 3.05) is 13.7 Å². The van der Waals surface area contributed by atoms with Crippen LogP contribution in [0, 0.1) is 0 Å². The summed E-state index contributed by atoms with van der Waals surface area (Å²) in [6.45, 7) is 0.00290. The van der Waals surface area contributed by atoms with Gasteiger partial charge < -0.3 is 20.5 Å². The first-order valence-corrected chi connectivity index (χ1v) is 7.00. The first kappa shape index (κ1) is 14.7. The van der Waals surface area contributed by atoms with Crippen LogP contribution in [0.3, 0.4) is 0 Å². The number of methoxy groups -OCH3 is 1. The molecule has 1 aliphatic carbocycles. The van der Waals surface area contributed by atoms with Gasteiger partial charge in [0.1, 0.15) is 0 Å². The van der Waals surface area contributed by atoms with Crippen LogP contribution in [0.25, 0.3) is 0 Å². The van der Waals surface area contributed by atoms with Crippen molar-refractivity contribution in [3.05, 3.63) is 24.3 Å². The molecular formula is C15H22N2O3. The van der Waals surface area contributed by atoms with Crippen LogP contribution in [0.2, 0.25) is 0 Å². The zero-order chi connectivity index (χ0) is 14.4. The van der Waals surface area contributed by atoms with E-state index in [1.807, 2.05) is 12.1 Å². The van der Waals surface area contributed by atoms with Crippen LogP contribution >= 0.6 is 0 Å². The van der Waals surface area contributed by atoms with Crippen LogP contribution in [0.5, 0.6) is 11.5 Å². The standard InChI is InChI=1S/C15H22N2O3/c1-19-13-4-2-3-5-14(13)20-10-15(18)17-12-8-6-11(16)7-9-12/h2-5,11-12H,6-10,16H2,1H3,(H,17,18). The third-order valence-electron chi connectivity index (χ3n) is 3.56. The van der Waals surface area contributed by atoms with E-state index in [0.29, 0.717) is 11.5 Å². The maximum absolute atomic E-state index is 11.9. The minimum atomic E-state index is -0.101. The summed E-state index contributed by atoms with van der Waals surface area (Å²) in [4.78, 5) is 11.9. The van der Waals surface area contributed by atoms with E-state index < -0.39 is 0 Å². The van der Waals surface area contributed by atoms with Gasteiger partial charge in [0.25, 0.3) is 5.91 Å². The van der Waals surface area contributed by atoms with E-state index in [0.717, 1.165) is 25.7 Å². The molecule has 2 rings (SSSR count). The number of nitrogens with one attached hydrogen (secondary N) is 1. The SMILES string of the molecule is COc1ccccc1OCC(=O)NC1CCC(N)CC1. The fourth-order valence-corrected chi connectivity index (χ4v) is 2.41. The van der Waals surface area contributed by atoms with Gasteiger partial charge in [0.05, 0.1) is 7.11 Å². The van der Waals surface area contributed by atoms with Crippen molar-refractivity contribution in [3.8, 4) is 11.5 Å². The predicted octanol–water partition coefficient (Wildman–Crippen LogP) is 1.46. The van der Waals surface area contributed by atoms with Crippen LogP contribution in [0.4, 0.5) is 0 Å². The van der Waals surface area contributed by atoms with Gasteiger partial charge in [-0.3, -0.25) is 4.79 Å². The lowest BCUT2D eigenvalue weighted by Gasteiger charge is -2.26. The number of hydrogen-bond donors (Lipinski definition) is 2. The summed E-state index contributed by atoms with van der Waals surface area (Å²) in [6.07, 6.45) is 3.83. The quantitative estimate of drug-likeness (QED) is 0.855. The molecular weight excluding hydrogens is 256 g/mol. The van der Waals surface area contributed by atoms with Gasteiger partial charge in [-0.1, -0.05) is 12.1 Å². The Balaban J connectivity index is 1.77. The Morgan fingerprint density at radius 3 is 2.55 bits per heavy atom. The second-order valence-electron chi connectivity index (χ2n) is 5.12. The number of rotatable bonds is 5. The molecule has 1 fully saturated rings. The highest BCUT2D eigenvalue weighted by atomic mass is 16.5. The van der Waals surface area contributed by atoms with Crippen molar-refractivity contribution in [1.82, 2.24) is 5.32 Å². The van der Waals surface area contributed by atoms with Crippen molar-refractivity contribution >= 4 is 5.91 Å². The highest BCUT2D eigenvalue weighted by Gasteiger charge is 2.20. The molecule has 0 bridgehead atoms. The number of ether oxygens (including phenoxy) is 2. The van der Waals surface area contributed by atoms with Crippen molar-refractivity contribution in [3.63, 3.8) is 0 Å². The molecule has 0 atom stereocenters. The molecule has 0 aromatic heterocycles. The Morgan fingerprint density at radius 2 is 1.90 bits per heavy atom. The van der Waals surface area contributed by atoms with E-state index in [1.165, 1.54) is 0 Å². The third kappa shape index (κ3) is 4.13. The van der Waals surface area contributed by atoms with E-state index in [9.17, 15) is 4.79 Å². The van der Waals surface area contributed by atoms with Gasteiger partial charge >= 0.3 is 0 Å². The Kier molecular flexibility index (Phi) is 5.24. The number of carbonyl (C=O) groups excluding carboxylic acids is 1. The summed E-state index contributed by atoms with van der Waals surface area (Å²) < 4.78 is 10.7. The monoisotopic (exact) mass is 278 g/mol. The van der Waals surface area contributed by atoms with Crippen LogP contribution in [0.15, 0.2) is 24.3 Å². The summed E-state index contributed by atoms with van der Waals surface area (Å²) in [6, 6.07) is 7.80. The average molecular weight is 278 g/mol. The van der Waals surface area contributed by atoms with Crippen LogP contribution in [-0.4, -0.2) is 31.7 Å². The molecule has 1 amide bonds. The topological polar surface area (TPSA) is 73.6 Å². The Bertz CT molecular complexity index is 442. The molecule has 1 aromatic carbocycles. The molecule has 0 aliphatic heterocycles. The van der Waals surface area contributed by atoms with Gasteiger partial charge in [-0.15, -0.1) is 0 Å². The maximum Gasteiger partial charge on any atom is 0.258 e. The molecule has 3 N–H and O–H groups in total. The molecule has 1 aromatic rings.